The lowest BCUT2D eigenvalue weighted by Gasteiger charge is -2.20. The molecule has 17 heavy (non-hydrogen) atoms. The van der Waals surface area contributed by atoms with Crippen molar-refractivity contribution in [1.82, 2.24) is 4.98 Å². The number of rotatable bonds is 2. The molecular weight excluding hydrogens is 212 g/mol. The molecule has 0 aliphatic carbocycles. The second-order valence-corrected chi connectivity index (χ2v) is 5.80. The molecular formula is C14H22N2O. The number of nitrogens with zero attached hydrogens (tertiary/aromatic N) is 1. The van der Waals surface area contributed by atoms with Crippen molar-refractivity contribution in [2.75, 3.05) is 11.9 Å². The highest BCUT2D eigenvalue weighted by Crippen LogP contribution is 2.23. The van der Waals surface area contributed by atoms with Gasteiger partial charge in [0.15, 0.2) is 0 Å². The third-order valence-corrected chi connectivity index (χ3v) is 3.34. The minimum Gasteiger partial charge on any atom is -0.376 e. The van der Waals surface area contributed by atoms with Crippen molar-refractivity contribution in [2.24, 2.45) is 0 Å². The van der Waals surface area contributed by atoms with Gasteiger partial charge in [0.05, 0.1) is 12.1 Å². The summed E-state index contributed by atoms with van der Waals surface area (Å²) in [5, 5.41) is 3.43. The van der Waals surface area contributed by atoms with Crippen molar-refractivity contribution in [3.63, 3.8) is 0 Å². The summed E-state index contributed by atoms with van der Waals surface area (Å²) in [6, 6.07) is 4.60. The number of hydrogen-bond acceptors (Lipinski definition) is 3. The van der Waals surface area contributed by atoms with E-state index in [4.69, 9.17) is 4.74 Å². The van der Waals surface area contributed by atoms with Crippen molar-refractivity contribution in [3.8, 4) is 0 Å². The molecule has 1 aromatic heterocycles. The Kier molecular flexibility index (Phi) is 3.38. The van der Waals surface area contributed by atoms with E-state index in [1.54, 1.807) is 0 Å². The van der Waals surface area contributed by atoms with E-state index in [0.29, 0.717) is 6.04 Å². The van der Waals surface area contributed by atoms with Gasteiger partial charge >= 0.3 is 0 Å². The average molecular weight is 234 g/mol. The van der Waals surface area contributed by atoms with E-state index in [1.165, 1.54) is 5.56 Å². The van der Waals surface area contributed by atoms with Crippen molar-refractivity contribution in [3.05, 3.63) is 23.9 Å². The molecule has 2 atom stereocenters. The molecule has 2 unspecified atom stereocenters. The first-order chi connectivity index (χ1) is 7.97. The number of ether oxygens (including phenoxy) is 1. The molecule has 0 spiro atoms. The summed E-state index contributed by atoms with van der Waals surface area (Å²) in [6.45, 7) is 9.55. The maximum atomic E-state index is 5.53. The zero-order valence-corrected chi connectivity index (χ0v) is 11.2. The van der Waals surface area contributed by atoms with Crippen LogP contribution in [0.4, 0.5) is 5.82 Å². The molecule has 0 bridgehead atoms. The van der Waals surface area contributed by atoms with E-state index in [9.17, 15) is 0 Å². The van der Waals surface area contributed by atoms with Gasteiger partial charge in [-0.2, -0.15) is 0 Å². The summed E-state index contributed by atoms with van der Waals surface area (Å²) in [5.74, 6) is 0.945. The van der Waals surface area contributed by atoms with Crippen LogP contribution >= 0.6 is 0 Å². The van der Waals surface area contributed by atoms with Gasteiger partial charge in [-0.25, -0.2) is 4.98 Å². The van der Waals surface area contributed by atoms with Gasteiger partial charge in [0.2, 0.25) is 0 Å². The Morgan fingerprint density at radius 3 is 2.59 bits per heavy atom. The van der Waals surface area contributed by atoms with Crippen LogP contribution in [-0.4, -0.2) is 23.7 Å². The highest BCUT2D eigenvalue weighted by atomic mass is 16.5. The molecule has 0 amide bonds. The molecule has 2 heterocycles. The molecule has 1 aliphatic heterocycles. The second-order valence-electron chi connectivity index (χ2n) is 5.80. The van der Waals surface area contributed by atoms with Crippen LogP contribution in [0.15, 0.2) is 18.3 Å². The largest absolute Gasteiger partial charge is 0.376 e. The van der Waals surface area contributed by atoms with Crippen molar-refractivity contribution >= 4 is 5.82 Å². The third-order valence-electron chi connectivity index (χ3n) is 3.34. The Labute approximate surface area is 104 Å². The van der Waals surface area contributed by atoms with E-state index in [-0.39, 0.29) is 11.5 Å². The van der Waals surface area contributed by atoms with Crippen LogP contribution in [0.2, 0.25) is 0 Å². The van der Waals surface area contributed by atoms with Gasteiger partial charge in [0.1, 0.15) is 5.82 Å². The molecule has 0 saturated carbocycles. The lowest BCUT2D eigenvalue weighted by Crippen LogP contribution is -2.27. The fourth-order valence-corrected chi connectivity index (χ4v) is 2.03. The number of nitrogens with one attached hydrogen (secondary N) is 1. The molecule has 94 valence electrons. The first kappa shape index (κ1) is 12.4. The lowest BCUT2D eigenvalue weighted by molar-refractivity contribution is 0.121. The molecule has 3 heteroatoms. The first-order valence-corrected chi connectivity index (χ1v) is 6.31. The zero-order chi connectivity index (χ0) is 12.5. The summed E-state index contributed by atoms with van der Waals surface area (Å²) >= 11 is 0. The molecule has 1 aromatic rings. The Morgan fingerprint density at radius 1 is 1.35 bits per heavy atom. The monoisotopic (exact) mass is 234 g/mol. The van der Waals surface area contributed by atoms with Crippen molar-refractivity contribution in [2.45, 2.75) is 51.7 Å². The maximum Gasteiger partial charge on any atom is 0.126 e. The number of pyridine rings is 1. The average Bonchev–Trinajstić information content (AvgIpc) is 2.64. The SMILES string of the molecule is CC1OCCC1Nc1ccc(C(C)(C)C)cn1. The number of hydrogen-bond donors (Lipinski definition) is 1. The summed E-state index contributed by atoms with van der Waals surface area (Å²) in [4.78, 5) is 4.48. The zero-order valence-electron chi connectivity index (χ0n) is 11.2. The van der Waals surface area contributed by atoms with Crippen LogP contribution in [0.25, 0.3) is 0 Å². The Balaban J connectivity index is 2.03. The predicted molar refractivity (Wildman–Crippen MR) is 70.4 cm³/mol. The Hall–Kier alpha value is -1.09. The molecule has 1 aliphatic rings. The second kappa shape index (κ2) is 4.65. The molecule has 1 N–H and O–H groups in total. The van der Waals surface area contributed by atoms with Crippen molar-refractivity contribution < 1.29 is 4.74 Å². The Bertz CT molecular complexity index is 367. The number of anilines is 1. The first-order valence-electron chi connectivity index (χ1n) is 6.31. The van der Waals surface area contributed by atoms with Crippen LogP contribution in [-0.2, 0) is 10.2 Å². The Morgan fingerprint density at radius 2 is 2.12 bits per heavy atom. The minimum atomic E-state index is 0.162. The molecule has 1 fully saturated rings. The summed E-state index contributed by atoms with van der Waals surface area (Å²) in [6.07, 6.45) is 3.30. The highest BCUT2D eigenvalue weighted by molar-refractivity contribution is 5.38. The van der Waals surface area contributed by atoms with Gasteiger partial charge in [0, 0.05) is 12.8 Å². The number of aromatic nitrogens is 1. The van der Waals surface area contributed by atoms with Gasteiger partial charge in [-0.05, 0) is 30.4 Å². The van der Waals surface area contributed by atoms with Crippen LogP contribution < -0.4 is 5.32 Å². The van der Waals surface area contributed by atoms with Gasteiger partial charge < -0.3 is 10.1 Å². The van der Waals surface area contributed by atoms with E-state index >= 15 is 0 Å². The molecule has 2 rings (SSSR count). The molecule has 0 radical (unpaired) electrons. The van der Waals surface area contributed by atoms with E-state index in [2.05, 4.69) is 50.1 Å². The molecule has 1 saturated heterocycles. The maximum absolute atomic E-state index is 5.53. The fourth-order valence-electron chi connectivity index (χ4n) is 2.03. The quantitative estimate of drug-likeness (QED) is 0.854. The normalized spacial score (nSPS) is 24.9. The van der Waals surface area contributed by atoms with Crippen LogP contribution in [0, 0.1) is 0 Å². The smallest absolute Gasteiger partial charge is 0.126 e. The van der Waals surface area contributed by atoms with Gasteiger partial charge in [-0.15, -0.1) is 0 Å². The standard InChI is InChI=1S/C14H22N2O/c1-10-12(7-8-17-10)16-13-6-5-11(9-15-13)14(2,3)4/h5-6,9-10,12H,7-8H2,1-4H3,(H,15,16). The summed E-state index contributed by atoms with van der Waals surface area (Å²) in [7, 11) is 0. The van der Waals surface area contributed by atoms with Gasteiger partial charge in [-0.1, -0.05) is 26.8 Å². The van der Waals surface area contributed by atoms with E-state index in [1.807, 2.05) is 6.20 Å². The van der Waals surface area contributed by atoms with E-state index < -0.39 is 0 Å². The molecule has 0 aromatic carbocycles. The van der Waals surface area contributed by atoms with E-state index in [0.717, 1.165) is 18.8 Å². The predicted octanol–water partition coefficient (Wildman–Crippen LogP) is 2.97. The molecule has 3 nitrogen and oxygen atoms in total. The fraction of sp³-hybridized carbons (Fsp3) is 0.643. The van der Waals surface area contributed by atoms with Crippen LogP contribution in [0.5, 0.6) is 0 Å². The van der Waals surface area contributed by atoms with Gasteiger partial charge in [0.25, 0.3) is 0 Å². The van der Waals surface area contributed by atoms with Gasteiger partial charge in [-0.3, -0.25) is 0 Å². The van der Waals surface area contributed by atoms with Crippen molar-refractivity contribution in [1.29, 1.82) is 0 Å². The van der Waals surface area contributed by atoms with Crippen LogP contribution in [0.3, 0.4) is 0 Å². The topological polar surface area (TPSA) is 34.1 Å². The summed E-state index contributed by atoms with van der Waals surface area (Å²) in [5.41, 5.74) is 1.42. The lowest BCUT2D eigenvalue weighted by atomic mass is 9.88. The minimum absolute atomic E-state index is 0.162. The van der Waals surface area contributed by atoms with Crippen LogP contribution in [0.1, 0.15) is 39.7 Å². The third kappa shape index (κ3) is 2.97. The summed E-state index contributed by atoms with van der Waals surface area (Å²) < 4.78 is 5.53. The highest BCUT2D eigenvalue weighted by Gasteiger charge is 2.24.